The molecule has 0 spiro atoms. The molecular formula is C20H26O6. The number of hydrogen-bond donors (Lipinski definition) is 3. The molecule has 26 heavy (non-hydrogen) atoms. The maximum absolute atomic E-state index is 9.60. The monoisotopic (exact) mass is 362 g/mol. The van der Waals surface area contributed by atoms with Crippen LogP contribution in [0.4, 0.5) is 0 Å². The number of carboxylic acids is 3. The molecule has 3 N–H and O–H groups in total. The van der Waals surface area contributed by atoms with Crippen molar-refractivity contribution in [3.8, 4) is 0 Å². The van der Waals surface area contributed by atoms with Crippen molar-refractivity contribution >= 4 is 24.0 Å². The maximum Gasteiger partial charge on any atom is 0.330 e. The van der Waals surface area contributed by atoms with E-state index in [1.807, 2.05) is 36.4 Å². The second-order valence-corrected chi connectivity index (χ2v) is 4.87. The van der Waals surface area contributed by atoms with Gasteiger partial charge in [0.05, 0.1) is 0 Å². The van der Waals surface area contributed by atoms with Crippen LogP contribution in [-0.2, 0) is 14.4 Å². The van der Waals surface area contributed by atoms with E-state index in [0.717, 1.165) is 0 Å². The minimum absolute atomic E-state index is 0.176. The second kappa shape index (κ2) is 16.4. The van der Waals surface area contributed by atoms with Gasteiger partial charge >= 0.3 is 17.9 Å². The van der Waals surface area contributed by atoms with Crippen LogP contribution in [0.5, 0.6) is 0 Å². The minimum Gasteiger partial charge on any atom is -0.478 e. The molecule has 0 aliphatic carbocycles. The lowest BCUT2D eigenvalue weighted by molar-refractivity contribution is -0.133. The Morgan fingerprint density at radius 2 is 0.962 bits per heavy atom. The molecule has 0 atom stereocenters. The summed E-state index contributed by atoms with van der Waals surface area (Å²) in [7, 11) is 0. The van der Waals surface area contributed by atoms with Crippen molar-refractivity contribution in [2.45, 2.75) is 20.8 Å². The van der Waals surface area contributed by atoms with Crippen molar-refractivity contribution in [2.24, 2.45) is 0 Å². The van der Waals surface area contributed by atoms with Crippen molar-refractivity contribution in [3.05, 3.63) is 78.9 Å². The Labute approximate surface area is 154 Å². The number of carboxylic acid groups (broad SMARTS) is 3. The van der Waals surface area contributed by atoms with Crippen LogP contribution in [0.15, 0.2) is 73.4 Å². The highest BCUT2D eigenvalue weighted by molar-refractivity contribution is 5.85. The van der Waals surface area contributed by atoms with Gasteiger partial charge in [-0.05, 0) is 26.3 Å². The standard InChI is InChI=1S/C8H8.3C4H6O2/c1-2-8-6-4-3-5-7-8;3*1-3(2)4(5)6/h2-7H,1H2;3*1H2,2H3,(H,5,6). The van der Waals surface area contributed by atoms with Gasteiger partial charge in [-0.2, -0.15) is 0 Å². The van der Waals surface area contributed by atoms with E-state index < -0.39 is 17.9 Å². The van der Waals surface area contributed by atoms with E-state index in [2.05, 4.69) is 26.3 Å². The molecule has 0 bridgehead atoms. The molecule has 0 aliphatic heterocycles. The van der Waals surface area contributed by atoms with Crippen LogP contribution >= 0.6 is 0 Å². The lowest BCUT2D eigenvalue weighted by Crippen LogP contribution is -1.92. The highest BCUT2D eigenvalue weighted by atomic mass is 16.4. The molecule has 0 fully saturated rings. The van der Waals surface area contributed by atoms with Gasteiger partial charge in [0.1, 0.15) is 0 Å². The smallest absolute Gasteiger partial charge is 0.330 e. The second-order valence-electron chi connectivity index (χ2n) is 4.87. The fourth-order valence-electron chi connectivity index (χ4n) is 0.589. The molecule has 6 nitrogen and oxygen atoms in total. The molecule has 0 unspecified atom stereocenters. The van der Waals surface area contributed by atoms with Crippen LogP contribution in [0.3, 0.4) is 0 Å². The van der Waals surface area contributed by atoms with Gasteiger partial charge in [0, 0.05) is 16.7 Å². The SMILES string of the molecule is C=C(C)C(=O)O.C=C(C)C(=O)O.C=C(C)C(=O)O.C=Cc1ccccc1. The van der Waals surface area contributed by atoms with E-state index in [9.17, 15) is 14.4 Å². The largest absolute Gasteiger partial charge is 0.478 e. The Bertz CT molecular complexity index is 548. The number of benzene rings is 1. The molecule has 142 valence electrons. The molecule has 1 aromatic rings. The summed E-state index contributed by atoms with van der Waals surface area (Å²) in [6.45, 7) is 17.4. The van der Waals surface area contributed by atoms with E-state index in [1.165, 1.54) is 26.3 Å². The molecule has 0 radical (unpaired) electrons. The zero-order valence-electron chi connectivity index (χ0n) is 15.4. The predicted molar refractivity (Wildman–Crippen MR) is 104 cm³/mol. The molecule has 0 heterocycles. The van der Waals surface area contributed by atoms with Gasteiger partial charge in [0.15, 0.2) is 0 Å². The zero-order chi connectivity index (χ0) is 21.3. The molecular weight excluding hydrogens is 336 g/mol. The number of rotatable bonds is 4. The van der Waals surface area contributed by atoms with Crippen molar-refractivity contribution in [2.75, 3.05) is 0 Å². The van der Waals surface area contributed by atoms with Crippen molar-refractivity contribution < 1.29 is 29.7 Å². The Kier molecular flexibility index (Phi) is 17.4. The normalized spacial score (nSPS) is 7.81. The lowest BCUT2D eigenvalue weighted by Gasteiger charge is -1.85. The van der Waals surface area contributed by atoms with Gasteiger partial charge in [-0.3, -0.25) is 0 Å². The van der Waals surface area contributed by atoms with Crippen LogP contribution in [0.2, 0.25) is 0 Å². The predicted octanol–water partition coefficient (Wildman–Crippen LogP) is 4.27. The van der Waals surface area contributed by atoms with Gasteiger partial charge in [-0.25, -0.2) is 14.4 Å². The molecule has 0 saturated carbocycles. The van der Waals surface area contributed by atoms with Crippen LogP contribution in [0.25, 0.3) is 6.08 Å². The number of aliphatic carboxylic acids is 3. The Morgan fingerprint density at radius 3 is 1.08 bits per heavy atom. The quantitative estimate of drug-likeness (QED) is 0.690. The topological polar surface area (TPSA) is 112 Å². The number of hydrogen-bond acceptors (Lipinski definition) is 3. The van der Waals surface area contributed by atoms with E-state index in [0.29, 0.717) is 0 Å². The van der Waals surface area contributed by atoms with Crippen molar-refractivity contribution in [1.29, 1.82) is 0 Å². The average molecular weight is 362 g/mol. The van der Waals surface area contributed by atoms with Crippen LogP contribution in [0, 0.1) is 0 Å². The summed E-state index contributed by atoms with van der Waals surface area (Å²) in [6, 6.07) is 10.0. The fourth-order valence-corrected chi connectivity index (χ4v) is 0.589. The van der Waals surface area contributed by atoms with Crippen LogP contribution < -0.4 is 0 Å². The first-order chi connectivity index (χ1) is 11.9. The summed E-state index contributed by atoms with van der Waals surface area (Å²) < 4.78 is 0. The van der Waals surface area contributed by atoms with Gasteiger partial charge in [-0.1, -0.05) is 62.7 Å². The lowest BCUT2D eigenvalue weighted by atomic mass is 10.2. The number of carbonyl (C=O) groups is 3. The highest BCUT2D eigenvalue weighted by Gasteiger charge is 1.91. The third-order valence-electron chi connectivity index (χ3n) is 2.13. The summed E-state index contributed by atoms with van der Waals surface area (Å²) >= 11 is 0. The van der Waals surface area contributed by atoms with E-state index in [-0.39, 0.29) is 16.7 Å². The van der Waals surface area contributed by atoms with Crippen molar-refractivity contribution in [1.82, 2.24) is 0 Å². The molecule has 1 aromatic carbocycles. The molecule has 6 heteroatoms. The molecule has 0 aliphatic rings. The third kappa shape index (κ3) is 22.9. The van der Waals surface area contributed by atoms with Crippen LogP contribution in [-0.4, -0.2) is 33.2 Å². The first-order valence-electron chi connectivity index (χ1n) is 7.20. The van der Waals surface area contributed by atoms with Gasteiger partial charge in [-0.15, -0.1) is 0 Å². The van der Waals surface area contributed by atoms with E-state index in [1.54, 1.807) is 0 Å². The fraction of sp³-hybridized carbons (Fsp3) is 0.150. The first kappa shape index (κ1) is 27.4. The average Bonchev–Trinajstić information content (AvgIpc) is 2.57. The Hall–Kier alpha value is -3.41. The van der Waals surface area contributed by atoms with E-state index in [4.69, 9.17) is 15.3 Å². The van der Waals surface area contributed by atoms with E-state index >= 15 is 0 Å². The summed E-state index contributed by atoms with van der Waals surface area (Å²) in [5.74, 6) is -2.81. The summed E-state index contributed by atoms with van der Waals surface area (Å²) in [4.78, 5) is 28.8. The van der Waals surface area contributed by atoms with Gasteiger partial charge in [0.25, 0.3) is 0 Å². The Morgan fingerprint density at radius 1 is 0.731 bits per heavy atom. The third-order valence-corrected chi connectivity index (χ3v) is 2.13. The molecule has 0 saturated heterocycles. The van der Waals surface area contributed by atoms with Gasteiger partial charge < -0.3 is 15.3 Å². The van der Waals surface area contributed by atoms with Crippen molar-refractivity contribution in [3.63, 3.8) is 0 Å². The van der Waals surface area contributed by atoms with Gasteiger partial charge in [0.2, 0.25) is 0 Å². The minimum atomic E-state index is -0.935. The van der Waals surface area contributed by atoms with Crippen LogP contribution in [0.1, 0.15) is 26.3 Å². The zero-order valence-corrected chi connectivity index (χ0v) is 15.4. The molecule has 0 amide bonds. The summed E-state index contributed by atoms with van der Waals surface area (Å²) in [6.07, 6.45) is 1.83. The first-order valence-corrected chi connectivity index (χ1v) is 7.20. The highest BCUT2D eigenvalue weighted by Crippen LogP contribution is 1.97. The summed E-state index contributed by atoms with van der Waals surface area (Å²) in [5, 5.41) is 23.7. The maximum atomic E-state index is 9.60. The Balaban J connectivity index is -0.000000275. The summed E-state index contributed by atoms with van der Waals surface area (Å²) in [5.41, 5.74) is 1.70. The molecule has 1 rings (SSSR count). The molecule has 0 aromatic heterocycles.